The minimum Gasteiger partial charge on any atom is -0.318 e. The molecule has 4 rings (SSSR count). The second-order valence-corrected chi connectivity index (χ2v) is 5.79. The Hall–Kier alpha value is -4.41. The van der Waals surface area contributed by atoms with Gasteiger partial charge in [0.1, 0.15) is 24.0 Å². The zero-order valence-corrected chi connectivity index (χ0v) is 14.7. The molecule has 4 aromatic rings. The summed E-state index contributed by atoms with van der Waals surface area (Å²) in [5, 5.41) is 15.2. The number of benzene rings is 1. The van der Waals surface area contributed by atoms with Crippen molar-refractivity contribution in [2.75, 3.05) is 10.6 Å². The molecule has 0 saturated carbocycles. The van der Waals surface area contributed by atoms with Crippen molar-refractivity contribution < 1.29 is 14.0 Å². The Morgan fingerprint density at radius 2 is 1.97 bits per heavy atom. The van der Waals surface area contributed by atoms with Gasteiger partial charge in [0.2, 0.25) is 0 Å². The summed E-state index contributed by atoms with van der Waals surface area (Å²) < 4.78 is 15.5. The first kappa shape index (κ1) is 18.0. The van der Waals surface area contributed by atoms with Gasteiger partial charge >= 0.3 is 11.8 Å². The predicted octanol–water partition coefficient (Wildman–Crippen LogP) is 1.77. The van der Waals surface area contributed by atoms with Crippen LogP contribution in [0.4, 0.5) is 15.8 Å². The number of carbonyl (C=O) groups excluding carboxylic acids is 2. The van der Waals surface area contributed by atoms with Gasteiger partial charge < -0.3 is 10.6 Å². The highest BCUT2D eigenvalue weighted by molar-refractivity contribution is 6.43. The van der Waals surface area contributed by atoms with Gasteiger partial charge in [-0.1, -0.05) is 6.07 Å². The van der Waals surface area contributed by atoms with Gasteiger partial charge in [0, 0.05) is 11.9 Å². The lowest BCUT2D eigenvalue weighted by Gasteiger charge is -2.08. The maximum Gasteiger partial charge on any atom is 0.314 e. The second-order valence-electron chi connectivity index (χ2n) is 5.79. The number of pyridine rings is 1. The third kappa shape index (κ3) is 3.83. The molecule has 0 saturated heterocycles. The zero-order valence-electron chi connectivity index (χ0n) is 14.7. The number of nitrogens with zero attached hydrogens (tertiary/aromatic N) is 5. The van der Waals surface area contributed by atoms with Crippen LogP contribution in [0.5, 0.6) is 0 Å². The van der Waals surface area contributed by atoms with Crippen LogP contribution < -0.4 is 10.6 Å². The summed E-state index contributed by atoms with van der Waals surface area (Å²) in [6.07, 6.45) is 5.57. The SMILES string of the molecule is O=C(Nc1ccc(-n2cncn2)c(F)c1)C(=O)Nc1cn[nH]c1-c1ccccn1. The number of H-pyrrole nitrogens is 1. The lowest BCUT2D eigenvalue weighted by atomic mass is 10.2. The van der Waals surface area contributed by atoms with Gasteiger partial charge in [0.25, 0.3) is 0 Å². The van der Waals surface area contributed by atoms with Crippen LogP contribution in [0.2, 0.25) is 0 Å². The van der Waals surface area contributed by atoms with E-state index in [1.807, 2.05) is 0 Å². The molecule has 3 aromatic heterocycles. The van der Waals surface area contributed by atoms with Crippen molar-refractivity contribution in [2.24, 2.45) is 0 Å². The van der Waals surface area contributed by atoms with Crippen molar-refractivity contribution in [3.63, 3.8) is 0 Å². The Labute approximate surface area is 162 Å². The lowest BCUT2D eigenvalue weighted by Crippen LogP contribution is -2.29. The van der Waals surface area contributed by atoms with E-state index in [2.05, 4.69) is 35.9 Å². The van der Waals surface area contributed by atoms with Gasteiger partial charge in [0.05, 0.1) is 17.6 Å². The third-order valence-electron chi connectivity index (χ3n) is 3.89. The zero-order chi connectivity index (χ0) is 20.2. The fourth-order valence-electron chi connectivity index (χ4n) is 2.56. The van der Waals surface area contributed by atoms with E-state index in [-0.39, 0.29) is 17.1 Å². The topological polar surface area (TPSA) is 130 Å². The normalized spacial score (nSPS) is 10.5. The number of hydrogen-bond donors (Lipinski definition) is 3. The molecule has 0 aliphatic carbocycles. The summed E-state index contributed by atoms with van der Waals surface area (Å²) in [5.41, 5.74) is 1.56. The minimum atomic E-state index is -0.967. The molecular weight excluding hydrogens is 379 g/mol. The van der Waals surface area contributed by atoms with Gasteiger partial charge in [-0.05, 0) is 30.3 Å². The first-order valence-electron chi connectivity index (χ1n) is 8.33. The van der Waals surface area contributed by atoms with Crippen LogP contribution in [0.15, 0.2) is 61.4 Å². The first-order valence-corrected chi connectivity index (χ1v) is 8.33. The standard InChI is InChI=1S/C18H13FN8O2/c19-12-7-11(4-5-15(12)27-10-20-9-23-27)24-17(28)18(29)25-14-8-22-26-16(14)13-3-1-2-6-21-13/h1-10H,(H,22,26)(H,24,28)(H,25,29). The van der Waals surface area contributed by atoms with Gasteiger partial charge in [-0.25, -0.2) is 14.1 Å². The molecule has 0 fully saturated rings. The van der Waals surface area contributed by atoms with E-state index in [4.69, 9.17) is 0 Å². The number of carbonyl (C=O) groups is 2. The lowest BCUT2D eigenvalue weighted by molar-refractivity contribution is -0.132. The molecule has 3 heterocycles. The number of amides is 2. The highest BCUT2D eigenvalue weighted by atomic mass is 19.1. The average Bonchev–Trinajstić information content (AvgIpc) is 3.41. The predicted molar refractivity (Wildman–Crippen MR) is 100 cm³/mol. The molecule has 0 unspecified atom stereocenters. The van der Waals surface area contributed by atoms with E-state index in [1.54, 1.807) is 24.4 Å². The largest absolute Gasteiger partial charge is 0.318 e. The molecule has 0 bridgehead atoms. The second kappa shape index (κ2) is 7.68. The van der Waals surface area contributed by atoms with Crippen molar-refractivity contribution in [2.45, 2.75) is 0 Å². The van der Waals surface area contributed by atoms with Crippen LogP contribution in [-0.4, -0.2) is 41.8 Å². The Morgan fingerprint density at radius 1 is 1.10 bits per heavy atom. The van der Waals surface area contributed by atoms with Crippen LogP contribution in [0, 0.1) is 5.82 Å². The number of nitrogens with one attached hydrogen (secondary N) is 3. The fourth-order valence-corrected chi connectivity index (χ4v) is 2.56. The average molecular weight is 392 g/mol. The van der Waals surface area contributed by atoms with Crippen molar-refractivity contribution >= 4 is 23.2 Å². The van der Waals surface area contributed by atoms with Gasteiger partial charge in [-0.2, -0.15) is 10.2 Å². The third-order valence-corrected chi connectivity index (χ3v) is 3.89. The van der Waals surface area contributed by atoms with Crippen LogP contribution in [0.1, 0.15) is 0 Å². The Bertz CT molecular complexity index is 1160. The fraction of sp³-hybridized carbons (Fsp3) is 0. The van der Waals surface area contributed by atoms with Crippen molar-refractivity contribution in [3.8, 4) is 17.1 Å². The summed E-state index contributed by atoms with van der Waals surface area (Å²) in [5.74, 6) is -2.55. The molecule has 0 aliphatic rings. The molecule has 0 atom stereocenters. The van der Waals surface area contributed by atoms with Gasteiger partial charge in [-0.3, -0.25) is 19.7 Å². The number of halogens is 1. The van der Waals surface area contributed by atoms with Crippen molar-refractivity contribution in [1.82, 2.24) is 29.9 Å². The van der Waals surface area contributed by atoms with Gasteiger partial charge in [0.15, 0.2) is 5.82 Å². The van der Waals surface area contributed by atoms with E-state index in [1.165, 1.54) is 35.7 Å². The first-order chi connectivity index (χ1) is 14.1. The molecule has 1 aromatic carbocycles. The number of rotatable bonds is 4. The molecule has 0 spiro atoms. The van der Waals surface area contributed by atoms with Crippen molar-refractivity contribution in [1.29, 1.82) is 0 Å². The van der Waals surface area contributed by atoms with E-state index in [9.17, 15) is 14.0 Å². The maximum absolute atomic E-state index is 14.3. The molecule has 11 heteroatoms. The van der Waals surface area contributed by atoms with Crippen LogP contribution in [-0.2, 0) is 9.59 Å². The number of aromatic nitrogens is 6. The summed E-state index contributed by atoms with van der Waals surface area (Å²) in [4.78, 5) is 32.3. The Kier molecular flexibility index (Phi) is 4.76. The molecule has 0 aliphatic heterocycles. The quantitative estimate of drug-likeness (QED) is 0.454. The summed E-state index contributed by atoms with van der Waals surface area (Å²) in [6, 6.07) is 9.19. The maximum atomic E-state index is 14.3. The van der Waals surface area contributed by atoms with E-state index in [0.717, 1.165) is 6.07 Å². The monoisotopic (exact) mass is 392 g/mol. The van der Waals surface area contributed by atoms with Crippen LogP contribution in [0.3, 0.4) is 0 Å². The van der Waals surface area contributed by atoms with E-state index >= 15 is 0 Å². The number of hydrogen-bond acceptors (Lipinski definition) is 6. The number of aromatic amines is 1. The van der Waals surface area contributed by atoms with Crippen molar-refractivity contribution in [3.05, 3.63) is 67.3 Å². The summed E-state index contributed by atoms with van der Waals surface area (Å²) in [7, 11) is 0. The van der Waals surface area contributed by atoms with E-state index in [0.29, 0.717) is 11.4 Å². The number of anilines is 2. The molecule has 2 amide bonds. The summed E-state index contributed by atoms with van der Waals surface area (Å²) >= 11 is 0. The summed E-state index contributed by atoms with van der Waals surface area (Å²) in [6.45, 7) is 0. The van der Waals surface area contributed by atoms with Gasteiger partial charge in [-0.15, -0.1) is 0 Å². The molecule has 3 N–H and O–H groups in total. The van der Waals surface area contributed by atoms with Crippen LogP contribution >= 0.6 is 0 Å². The highest BCUT2D eigenvalue weighted by Gasteiger charge is 2.18. The highest BCUT2D eigenvalue weighted by Crippen LogP contribution is 2.23. The minimum absolute atomic E-state index is 0.114. The Balaban J connectivity index is 1.45. The van der Waals surface area contributed by atoms with E-state index < -0.39 is 17.6 Å². The molecule has 10 nitrogen and oxygen atoms in total. The Morgan fingerprint density at radius 3 is 2.69 bits per heavy atom. The molecular formula is C18H13FN8O2. The molecule has 144 valence electrons. The molecule has 0 radical (unpaired) electrons. The smallest absolute Gasteiger partial charge is 0.314 e. The molecule has 29 heavy (non-hydrogen) atoms. The van der Waals surface area contributed by atoms with Crippen LogP contribution in [0.25, 0.3) is 17.1 Å².